The molecular weight excluding hydrogens is 226 g/mol. The highest BCUT2D eigenvalue weighted by Gasteiger charge is 2.00. The highest BCUT2D eigenvalue weighted by atomic mass is 35.5. The number of nitrogens with zero attached hydrogens (tertiary/aromatic N) is 3. The number of rotatable bonds is 5. The third kappa shape index (κ3) is 2.93. The van der Waals surface area contributed by atoms with E-state index in [9.17, 15) is 0 Å². The van der Waals surface area contributed by atoms with Crippen LogP contribution in [-0.2, 0) is 6.42 Å². The summed E-state index contributed by atoms with van der Waals surface area (Å²) >= 11 is 5.85. The number of nitrogens with one attached hydrogen (secondary N) is 2. The van der Waals surface area contributed by atoms with Gasteiger partial charge in [-0.25, -0.2) is 15.0 Å². The van der Waals surface area contributed by atoms with Crippen molar-refractivity contribution in [3.8, 4) is 0 Å². The van der Waals surface area contributed by atoms with Gasteiger partial charge in [-0.1, -0.05) is 11.6 Å². The number of aryl methyl sites for hydroxylation is 1. The van der Waals surface area contributed by atoms with Crippen LogP contribution in [0.2, 0.25) is 5.15 Å². The van der Waals surface area contributed by atoms with Crippen LogP contribution in [0.15, 0.2) is 24.8 Å². The molecule has 84 valence electrons. The first-order valence-electron chi connectivity index (χ1n) is 5.05. The Morgan fingerprint density at radius 2 is 2.06 bits per heavy atom. The standard InChI is InChI=1S/C10H12ClN5/c11-9-10(16-7-6-14-9)15-3-1-2-8-12-4-5-13-8/h4-7H,1-3H2,(H,12,13)(H,15,16). The first kappa shape index (κ1) is 10.9. The Morgan fingerprint density at radius 3 is 2.81 bits per heavy atom. The molecule has 2 rings (SSSR count). The van der Waals surface area contributed by atoms with Crippen molar-refractivity contribution in [2.75, 3.05) is 11.9 Å². The normalized spacial score (nSPS) is 10.3. The molecule has 2 heterocycles. The van der Waals surface area contributed by atoms with Gasteiger partial charge in [0, 0.05) is 37.8 Å². The molecule has 2 aromatic rings. The molecule has 2 aromatic heterocycles. The van der Waals surface area contributed by atoms with Gasteiger partial charge in [0.05, 0.1) is 0 Å². The van der Waals surface area contributed by atoms with Crippen molar-refractivity contribution in [3.05, 3.63) is 35.8 Å². The maximum atomic E-state index is 5.85. The zero-order valence-corrected chi connectivity index (χ0v) is 9.41. The molecule has 0 aliphatic heterocycles. The lowest BCUT2D eigenvalue weighted by Crippen LogP contribution is -2.06. The maximum absolute atomic E-state index is 5.85. The Bertz CT molecular complexity index is 429. The van der Waals surface area contributed by atoms with E-state index in [0.29, 0.717) is 11.0 Å². The van der Waals surface area contributed by atoms with Crippen LogP contribution in [0.4, 0.5) is 5.82 Å². The molecule has 0 saturated carbocycles. The van der Waals surface area contributed by atoms with E-state index in [1.165, 1.54) is 0 Å². The van der Waals surface area contributed by atoms with E-state index in [0.717, 1.165) is 25.2 Å². The van der Waals surface area contributed by atoms with Gasteiger partial charge in [0.2, 0.25) is 0 Å². The first-order valence-corrected chi connectivity index (χ1v) is 5.42. The average Bonchev–Trinajstić information content (AvgIpc) is 2.79. The van der Waals surface area contributed by atoms with E-state index in [1.807, 2.05) is 6.20 Å². The Morgan fingerprint density at radius 1 is 1.19 bits per heavy atom. The summed E-state index contributed by atoms with van der Waals surface area (Å²) in [6.07, 6.45) is 8.61. The quantitative estimate of drug-likeness (QED) is 0.780. The smallest absolute Gasteiger partial charge is 0.171 e. The summed E-state index contributed by atoms with van der Waals surface area (Å²) in [6, 6.07) is 0. The number of hydrogen-bond donors (Lipinski definition) is 2. The third-order valence-electron chi connectivity index (χ3n) is 2.09. The van der Waals surface area contributed by atoms with Crippen LogP contribution < -0.4 is 5.32 Å². The molecule has 0 amide bonds. The van der Waals surface area contributed by atoms with Crippen molar-refractivity contribution in [3.63, 3.8) is 0 Å². The Hall–Kier alpha value is -1.62. The summed E-state index contributed by atoms with van der Waals surface area (Å²) < 4.78 is 0. The third-order valence-corrected chi connectivity index (χ3v) is 2.37. The molecule has 0 aliphatic carbocycles. The van der Waals surface area contributed by atoms with Gasteiger partial charge in [0.25, 0.3) is 0 Å². The summed E-state index contributed by atoms with van der Waals surface area (Å²) in [5, 5.41) is 3.53. The van der Waals surface area contributed by atoms with E-state index in [4.69, 9.17) is 11.6 Å². The number of imidazole rings is 1. The van der Waals surface area contributed by atoms with Gasteiger partial charge in [-0.05, 0) is 6.42 Å². The largest absolute Gasteiger partial charge is 0.368 e. The lowest BCUT2D eigenvalue weighted by molar-refractivity contribution is 0.813. The van der Waals surface area contributed by atoms with E-state index in [1.54, 1.807) is 18.6 Å². The zero-order chi connectivity index (χ0) is 11.2. The van der Waals surface area contributed by atoms with Crippen molar-refractivity contribution in [1.29, 1.82) is 0 Å². The van der Waals surface area contributed by atoms with Gasteiger partial charge in [0.1, 0.15) is 5.82 Å². The van der Waals surface area contributed by atoms with Gasteiger partial charge < -0.3 is 10.3 Å². The Labute approximate surface area is 98.3 Å². The van der Waals surface area contributed by atoms with Gasteiger partial charge in [-0.15, -0.1) is 0 Å². The van der Waals surface area contributed by atoms with Crippen molar-refractivity contribution in [2.45, 2.75) is 12.8 Å². The topological polar surface area (TPSA) is 66.5 Å². The molecule has 6 heteroatoms. The molecule has 0 bridgehead atoms. The molecule has 0 unspecified atom stereocenters. The number of halogens is 1. The fraction of sp³-hybridized carbons (Fsp3) is 0.300. The lowest BCUT2D eigenvalue weighted by atomic mass is 10.3. The molecule has 0 fully saturated rings. The lowest BCUT2D eigenvalue weighted by Gasteiger charge is -2.04. The fourth-order valence-corrected chi connectivity index (χ4v) is 1.51. The van der Waals surface area contributed by atoms with Crippen LogP contribution in [0.3, 0.4) is 0 Å². The van der Waals surface area contributed by atoms with Crippen LogP contribution in [0.1, 0.15) is 12.2 Å². The minimum atomic E-state index is 0.403. The Balaban J connectivity index is 1.74. The minimum Gasteiger partial charge on any atom is -0.368 e. The molecule has 16 heavy (non-hydrogen) atoms. The first-order chi connectivity index (χ1) is 7.86. The summed E-state index contributed by atoms with van der Waals surface area (Å²) in [5.41, 5.74) is 0. The second-order valence-electron chi connectivity index (χ2n) is 3.26. The van der Waals surface area contributed by atoms with E-state index < -0.39 is 0 Å². The average molecular weight is 238 g/mol. The predicted octanol–water partition coefficient (Wildman–Crippen LogP) is 1.90. The van der Waals surface area contributed by atoms with Crippen molar-refractivity contribution in [2.24, 2.45) is 0 Å². The number of H-pyrrole nitrogens is 1. The minimum absolute atomic E-state index is 0.403. The summed E-state index contributed by atoms with van der Waals surface area (Å²) in [7, 11) is 0. The molecule has 0 spiro atoms. The highest BCUT2D eigenvalue weighted by molar-refractivity contribution is 6.31. The van der Waals surface area contributed by atoms with Gasteiger partial charge in [0.15, 0.2) is 11.0 Å². The van der Waals surface area contributed by atoms with Crippen LogP contribution in [-0.4, -0.2) is 26.5 Å². The van der Waals surface area contributed by atoms with E-state index in [2.05, 4.69) is 25.3 Å². The highest BCUT2D eigenvalue weighted by Crippen LogP contribution is 2.13. The number of aromatic nitrogens is 4. The monoisotopic (exact) mass is 237 g/mol. The van der Waals surface area contributed by atoms with E-state index in [-0.39, 0.29) is 0 Å². The SMILES string of the molecule is Clc1nccnc1NCCCc1ncc[nH]1. The molecule has 0 aromatic carbocycles. The van der Waals surface area contributed by atoms with Crippen LogP contribution in [0, 0.1) is 0 Å². The molecule has 2 N–H and O–H groups in total. The molecular formula is C10H12ClN5. The van der Waals surface area contributed by atoms with Gasteiger partial charge in [-0.3, -0.25) is 0 Å². The Kier molecular flexibility index (Phi) is 3.71. The van der Waals surface area contributed by atoms with Gasteiger partial charge >= 0.3 is 0 Å². The van der Waals surface area contributed by atoms with Crippen LogP contribution in [0.5, 0.6) is 0 Å². The van der Waals surface area contributed by atoms with Crippen molar-refractivity contribution in [1.82, 2.24) is 19.9 Å². The molecule has 0 aliphatic rings. The fourth-order valence-electron chi connectivity index (χ4n) is 1.34. The number of anilines is 1. The number of hydrogen-bond acceptors (Lipinski definition) is 4. The molecule has 0 saturated heterocycles. The maximum Gasteiger partial charge on any atom is 0.171 e. The van der Waals surface area contributed by atoms with Gasteiger partial charge in [-0.2, -0.15) is 0 Å². The van der Waals surface area contributed by atoms with Crippen LogP contribution in [0.25, 0.3) is 0 Å². The predicted molar refractivity (Wildman–Crippen MR) is 62.4 cm³/mol. The summed E-state index contributed by atoms with van der Waals surface area (Å²) in [6.45, 7) is 0.791. The molecule has 0 atom stereocenters. The van der Waals surface area contributed by atoms with E-state index >= 15 is 0 Å². The van der Waals surface area contributed by atoms with Crippen molar-refractivity contribution >= 4 is 17.4 Å². The molecule has 5 nitrogen and oxygen atoms in total. The van der Waals surface area contributed by atoms with Crippen molar-refractivity contribution < 1.29 is 0 Å². The second kappa shape index (κ2) is 5.46. The summed E-state index contributed by atoms with van der Waals surface area (Å²) in [4.78, 5) is 15.2. The zero-order valence-electron chi connectivity index (χ0n) is 8.65. The summed E-state index contributed by atoms with van der Waals surface area (Å²) in [5.74, 6) is 1.62. The van der Waals surface area contributed by atoms with Crippen LogP contribution >= 0.6 is 11.6 Å². The second-order valence-corrected chi connectivity index (χ2v) is 3.62. The number of aromatic amines is 1. The molecule has 0 radical (unpaired) electrons.